The maximum absolute atomic E-state index is 11.7. The van der Waals surface area contributed by atoms with Gasteiger partial charge in [0.2, 0.25) is 12.7 Å². The van der Waals surface area contributed by atoms with E-state index in [0.717, 1.165) is 34.2 Å². The number of benzene rings is 1. The number of aromatic nitrogens is 1. The zero-order chi connectivity index (χ0) is 17.6. The number of fused-ring (bicyclic) bond motifs is 1. The summed E-state index contributed by atoms with van der Waals surface area (Å²) in [5.41, 5.74) is 1.99. The quantitative estimate of drug-likeness (QED) is 0.707. The molecule has 0 aliphatic carbocycles. The van der Waals surface area contributed by atoms with Crippen molar-refractivity contribution >= 4 is 17.2 Å². The molecule has 2 N–H and O–H groups in total. The summed E-state index contributed by atoms with van der Waals surface area (Å²) in [5, 5.41) is 9.21. The fraction of sp³-hybridized carbons (Fsp3) is 0.444. The van der Waals surface area contributed by atoms with Gasteiger partial charge in [-0.2, -0.15) is 0 Å². The standard InChI is InChI=1S/C18H23N3O3S/c1-3-12(2)20-17(22)6-7-19-9-14-10-25-18(21-14)13-4-5-15-16(8-13)24-11-23-15/h4-5,8,10,12,19H,3,6-7,9,11H2,1-2H3,(H,20,22). The average molecular weight is 361 g/mol. The Morgan fingerprint density at radius 3 is 3.04 bits per heavy atom. The van der Waals surface area contributed by atoms with Gasteiger partial charge in [0.15, 0.2) is 11.5 Å². The molecule has 25 heavy (non-hydrogen) atoms. The average Bonchev–Trinajstić information content (AvgIpc) is 3.27. The summed E-state index contributed by atoms with van der Waals surface area (Å²) in [4.78, 5) is 16.4. The monoisotopic (exact) mass is 361 g/mol. The summed E-state index contributed by atoms with van der Waals surface area (Å²) >= 11 is 1.60. The molecule has 1 unspecified atom stereocenters. The Morgan fingerprint density at radius 2 is 2.20 bits per heavy atom. The van der Waals surface area contributed by atoms with Crippen LogP contribution in [0.5, 0.6) is 11.5 Å². The minimum absolute atomic E-state index is 0.0844. The third-order valence-electron chi connectivity index (χ3n) is 4.03. The summed E-state index contributed by atoms with van der Waals surface area (Å²) in [6, 6.07) is 6.09. The molecule has 0 bridgehead atoms. The van der Waals surface area contributed by atoms with Crippen LogP contribution in [-0.2, 0) is 11.3 Å². The fourth-order valence-electron chi connectivity index (χ4n) is 2.42. The van der Waals surface area contributed by atoms with E-state index in [2.05, 4.69) is 22.5 Å². The molecule has 7 heteroatoms. The van der Waals surface area contributed by atoms with E-state index in [9.17, 15) is 4.79 Å². The molecule has 2 aromatic rings. The first kappa shape index (κ1) is 17.7. The maximum Gasteiger partial charge on any atom is 0.231 e. The molecule has 1 atom stereocenters. The molecule has 134 valence electrons. The van der Waals surface area contributed by atoms with Gasteiger partial charge in [-0.1, -0.05) is 6.92 Å². The molecule has 0 radical (unpaired) electrons. The number of carbonyl (C=O) groups is 1. The third-order valence-corrected chi connectivity index (χ3v) is 4.97. The van der Waals surface area contributed by atoms with Gasteiger partial charge in [-0.05, 0) is 31.5 Å². The lowest BCUT2D eigenvalue weighted by atomic mass is 10.2. The summed E-state index contributed by atoms with van der Waals surface area (Å²) in [6.07, 6.45) is 1.42. The molecule has 0 saturated carbocycles. The van der Waals surface area contributed by atoms with E-state index >= 15 is 0 Å². The first-order chi connectivity index (χ1) is 12.2. The topological polar surface area (TPSA) is 72.5 Å². The van der Waals surface area contributed by atoms with Crippen LogP contribution in [0.4, 0.5) is 0 Å². The molecule has 0 fully saturated rings. The Kier molecular flexibility index (Phi) is 5.88. The van der Waals surface area contributed by atoms with E-state index in [-0.39, 0.29) is 18.7 Å². The van der Waals surface area contributed by atoms with Crippen LogP contribution in [-0.4, -0.2) is 30.3 Å². The van der Waals surface area contributed by atoms with E-state index in [0.29, 0.717) is 19.5 Å². The summed E-state index contributed by atoms with van der Waals surface area (Å²) < 4.78 is 10.7. The van der Waals surface area contributed by atoms with Crippen molar-refractivity contribution in [2.75, 3.05) is 13.3 Å². The Bertz CT molecular complexity index is 732. The van der Waals surface area contributed by atoms with E-state index in [1.54, 1.807) is 11.3 Å². The number of nitrogens with one attached hydrogen (secondary N) is 2. The highest BCUT2D eigenvalue weighted by Gasteiger charge is 2.15. The van der Waals surface area contributed by atoms with Crippen LogP contribution in [0.15, 0.2) is 23.6 Å². The zero-order valence-electron chi connectivity index (χ0n) is 14.5. The molecule has 0 spiro atoms. The van der Waals surface area contributed by atoms with Crippen LogP contribution in [0.1, 0.15) is 32.4 Å². The second-order valence-electron chi connectivity index (χ2n) is 6.02. The molecule has 1 amide bonds. The smallest absolute Gasteiger partial charge is 0.231 e. The Hall–Kier alpha value is -2.12. The van der Waals surface area contributed by atoms with Crippen LogP contribution >= 0.6 is 11.3 Å². The zero-order valence-corrected chi connectivity index (χ0v) is 15.3. The summed E-state index contributed by atoms with van der Waals surface area (Å²) in [6.45, 7) is 5.63. The number of hydrogen-bond acceptors (Lipinski definition) is 6. The molecule has 1 aromatic carbocycles. The van der Waals surface area contributed by atoms with Gasteiger partial charge < -0.3 is 20.1 Å². The number of rotatable bonds is 8. The lowest BCUT2D eigenvalue weighted by molar-refractivity contribution is -0.121. The van der Waals surface area contributed by atoms with Crippen molar-refractivity contribution in [3.63, 3.8) is 0 Å². The lowest BCUT2D eigenvalue weighted by Crippen LogP contribution is -2.33. The number of carbonyl (C=O) groups excluding carboxylic acids is 1. The van der Waals surface area contributed by atoms with Gasteiger partial charge in [-0.15, -0.1) is 11.3 Å². The minimum Gasteiger partial charge on any atom is -0.454 e. The van der Waals surface area contributed by atoms with Gasteiger partial charge in [0, 0.05) is 36.5 Å². The third kappa shape index (κ3) is 4.70. The van der Waals surface area contributed by atoms with Crippen molar-refractivity contribution < 1.29 is 14.3 Å². The maximum atomic E-state index is 11.7. The number of ether oxygens (including phenoxy) is 2. The lowest BCUT2D eigenvalue weighted by Gasteiger charge is -2.11. The highest BCUT2D eigenvalue weighted by Crippen LogP contribution is 2.36. The van der Waals surface area contributed by atoms with Gasteiger partial charge in [0.05, 0.1) is 5.69 Å². The molecule has 2 heterocycles. The predicted octanol–water partition coefficient (Wildman–Crippen LogP) is 2.93. The second kappa shape index (κ2) is 8.31. The van der Waals surface area contributed by atoms with Crippen LogP contribution < -0.4 is 20.1 Å². The molecule has 3 rings (SSSR count). The van der Waals surface area contributed by atoms with E-state index in [4.69, 9.17) is 9.47 Å². The fourth-order valence-corrected chi connectivity index (χ4v) is 3.23. The van der Waals surface area contributed by atoms with Crippen LogP contribution in [0, 0.1) is 0 Å². The van der Waals surface area contributed by atoms with Crippen molar-refractivity contribution in [3.8, 4) is 22.1 Å². The number of hydrogen-bond donors (Lipinski definition) is 2. The summed E-state index contributed by atoms with van der Waals surface area (Å²) in [5.74, 6) is 1.62. The molecule has 1 aliphatic rings. The molecule has 6 nitrogen and oxygen atoms in total. The van der Waals surface area contributed by atoms with Crippen LogP contribution in [0.3, 0.4) is 0 Å². The first-order valence-electron chi connectivity index (χ1n) is 8.50. The van der Waals surface area contributed by atoms with Gasteiger partial charge in [-0.25, -0.2) is 4.98 Å². The van der Waals surface area contributed by atoms with Gasteiger partial charge >= 0.3 is 0 Å². The Labute approximate surface area is 151 Å². The number of amides is 1. The molecule has 0 saturated heterocycles. The van der Waals surface area contributed by atoms with Gasteiger partial charge in [0.25, 0.3) is 0 Å². The van der Waals surface area contributed by atoms with Crippen molar-refractivity contribution in [1.29, 1.82) is 0 Å². The van der Waals surface area contributed by atoms with E-state index in [1.165, 1.54) is 0 Å². The largest absolute Gasteiger partial charge is 0.454 e. The molecular formula is C18H23N3O3S. The summed E-state index contributed by atoms with van der Waals surface area (Å²) in [7, 11) is 0. The van der Waals surface area contributed by atoms with E-state index in [1.807, 2.05) is 30.5 Å². The minimum atomic E-state index is 0.0844. The van der Waals surface area contributed by atoms with Gasteiger partial charge in [-0.3, -0.25) is 4.79 Å². The Balaban J connectivity index is 1.47. The molecule has 1 aromatic heterocycles. The predicted molar refractivity (Wildman–Crippen MR) is 97.9 cm³/mol. The molecular weight excluding hydrogens is 338 g/mol. The van der Waals surface area contributed by atoms with Gasteiger partial charge in [0.1, 0.15) is 5.01 Å². The number of nitrogens with zero attached hydrogens (tertiary/aromatic N) is 1. The van der Waals surface area contributed by atoms with Crippen molar-refractivity contribution in [3.05, 3.63) is 29.3 Å². The molecule has 1 aliphatic heterocycles. The first-order valence-corrected chi connectivity index (χ1v) is 9.38. The number of thiazole rings is 1. The van der Waals surface area contributed by atoms with Crippen molar-refractivity contribution in [1.82, 2.24) is 15.6 Å². The van der Waals surface area contributed by atoms with E-state index < -0.39 is 0 Å². The van der Waals surface area contributed by atoms with Crippen molar-refractivity contribution in [2.45, 2.75) is 39.3 Å². The van der Waals surface area contributed by atoms with Crippen molar-refractivity contribution in [2.24, 2.45) is 0 Å². The second-order valence-corrected chi connectivity index (χ2v) is 6.87. The van der Waals surface area contributed by atoms with Crippen LogP contribution in [0.2, 0.25) is 0 Å². The Morgan fingerprint density at radius 1 is 1.36 bits per heavy atom. The highest BCUT2D eigenvalue weighted by atomic mass is 32.1. The van der Waals surface area contributed by atoms with Crippen LogP contribution in [0.25, 0.3) is 10.6 Å². The highest BCUT2D eigenvalue weighted by molar-refractivity contribution is 7.13. The normalized spacial score (nSPS) is 13.7. The SMILES string of the molecule is CCC(C)NC(=O)CCNCc1csc(-c2ccc3c(c2)OCO3)n1.